The predicted octanol–water partition coefficient (Wildman–Crippen LogP) is 2.49. The molecule has 0 spiro atoms. The number of nitrogens with one attached hydrogen (secondary N) is 2. The zero-order chi connectivity index (χ0) is 18.4. The van der Waals surface area contributed by atoms with Gasteiger partial charge in [-0.05, 0) is 50.2 Å². The van der Waals surface area contributed by atoms with Crippen molar-refractivity contribution in [2.75, 3.05) is 31.1 Å². The lowest BCUT2D eigenvalue weighted by Gasteiger charge is -2.29. The summed E-state index contributed by atoms with van der Waals surface area (Å²) in [5.41, 5.74) is 0.594. The number of aromatic nitrogens is 1. The van der Waals surface area contributed by atoms with Gasteiger partial charge < -0.3 is 20.6 Å². The second-order valence-corrected chi connectivity index (χ2v) is 7.27. The van der Waals surface area contributed by atoms with E-state index in [2.05, 4.69) is 20.5 Å². The van der Waals surface area contributed by atoms with Gasteiger partial charge >= 0.3 is 5.97 Å². The van der Waals surface area contributed by atoms with Gasteiger partial charge in [-0.3, -0.25) is 9.59 Å². The van der Waals surface area contributed by atoms with Gasteiger partial charge in [0, 0.05) is 44.8 Å². The minimum atomic E-state index is -0.725. The molecule has 0 radical (unpaired) electrons. The van der Waals surface area contributed by atoms with Crippen LogP contribution >= 0.6 is 24.8 Å². The summed E-state index contributed by atoms with van der Waals surface area (Å²) in [6, 6.07) is 3.94. The molecule has 0 aromatic carbocycles. The fourth-order valence-electron chi connectivity index (χ4n) is 3.79. The smallest absolute Gasteiger partial charge is 0.303 e. The van der Waals surface area contributed by atoms with E-state index in [-0.39, 0.29) is 43.2 Å². The molecule has 2 aliphatic rings. The second kappa shape index (κ2) is 12.1. The first-order chi connectivity index (χ1) is 12.6. The van der Waals surface area contributed by atoms with Gasteiger partial charge in [0.15, 0.2) is 0 Å². The third kappa shape index (κ3) is 7.11. The molecule has 9 heteroatoms. The van der Waals surface area contributed by atoms with Crippen LogP contribution in [0.2, 0.25) is 0 Å². The summed E-state index contributed by atoms with van der Waals surface area (Å²) in [4.78, 5) is 29.8. The Labute approximate surface area is 178 Å². The number of carboxylic acids is 1. The molecule has 0 unspecified atom stereocenters. The lowest BCUT2D eigenvalue weighted by atomic mass is 9.83. The predicted molar refractivity (Wildman–Crippen MR) is 114 cm³/mol. The Bertz CT molecular complexity index is 616. The Morgan fingerprint density at radius 1 is 1.14 bits per heavy atom. The monoisotopic (exact) mass is 432 g/mol. The summed E-state index contributed by atoms with van der Waals surface area (Å²) in [5.74, 6) is 0.594. The van der Waals surface area contributed by atoms with E-state index >= 15 is 0 Å². The number of carbonyl (C=O) groups excluding carboxylic acids is 1. The molecule has 1 aliphatic carbocycles. The highest BCUT2D eigenvalue weighted by Crippen LogP contribution is 2.28. The van der Waals surface area contributed by atoms with E-state index in [0.29, 0.717) is 11.5 Å². The van der Waals surface area contributed by atoms with Crippen LogP contribution in [0, 0.1) is 5.92 Å². The molecular formula is C19H30Cl2N4O3. The third-order valence-corrected chi connectivity index (χ3v) is 5.40. The summed E-state index contributed by atoms with van der Waals surface area (Å²) in [7, 11) is 0. The summed E-state index contributed by atoms with van der Waals surface area (Å²) in [6.07, 6.45) is 6.45. The van der Waals surface area contributed by atoms with Gasteiger partial charge in [-0.1, -0.05) is 0 Å². The van der Waals surface area contributed by atoms with Gasteiger partial charge in [-0.2, -0.15) is 0 Å². The van der Waals surface area contributed by atoms with Gasteiger partial charge in [0.05, 0.1) is 5.56 Å². The van der Waals surface area contributed by atoms with E-state index in [4.69, 9.17) is 5.11 Å². The van der Waals surface area contributed by atoms with Crippen molar-refractivity contribution in [3.63, 3.8) is 0 Å². The quantitative estimate of drug-likeness (QED) is 0.638. The molecule has 28 heavy (non-hydrogen) atoms. The number of halogens is 2. The largest absolute Gasteiger partial charge is 0.481 e. The fourth-order valence-corrected chi connectivity index (χ4v) is 3.79. The number of piperazine rings is 1. The summed E-state index contributed by atoms with van der Waals surface area (Å²) in [6.45, 7) is 3.78. The molecule has 1 amide bonds. The van der Waals surface area contributed by atoms with Crippen molar-refractivity contribution in [3.8, 4) is 0 Å². The molecule has 1 aromatic rings. The van der Waals surface area contributed by atoms with E-state index < -0.39 is 5.97 Å². The van der Waals surface area contributed by atoms with Crippen LogP contribution in [0.5, 0.6) is 0 Å². The number of carbonyl (C=O) groups is 2. The normalized spacial score (nSPS) is 21.8. The van der Waals surface area contributed by atoms with E-state index in [9.17, 15) is 9.59 Å². The van der Waals surface area contributed by atoms with E-state index in [1.165, 1.54) is 0 Å². The van der Waals surface area contributed by atoms with Gasteiger partial charge in [0.25, 0.3) is 5.91 Å². The summed E-state index contributed by atoms with van der Waals surface area (Å²) < 4.78 is 0. The topological polar surface area (TPSA) is 94.6 Å². The molecule has 1 aromatic heterocycles. The van der Waals surface area contributed by atoms with E-state index in [1.807, 2.05) is 12.1 Å². The molecule has 0 atom stereocenters. The molecular weight excluding hydrogens is 403 g/mol. The van der Waals surface area contributed by atoms with Crippen molar-refractivity contribution >= 4 is 42.5 Å². The Morgan fingerprint density at radius 2 is 1.82 bits per heavy atom. The zero-order valence-electron chi connectivity index (χ0n) is 15.9. The number of aliphatic carboxylic acids is 1. The van der Waals surface area contributed by atoms with E-state index in [0.717, 1.165) is 64.1 Å². The maximum absolute atomic E-state index is 12.4. The average Bonchev–Trinajstić information content (AvgIpc) is 2.68. The van der Waals surface area contributed by atoms with Crippen LogP contribution in [0.3, 0.4) is 0 Å². The standard InChI is InChI=1S/C19H28N4O3.2ClH/c24-18(25)8-3-14-1-5-16(6-2-14)22-19(26)15-4-7-17(21-13-15)23-11-9-20-10-12-23;;/h4,7,13-14,16,20H,1-3,5-6,8-12H2,(H,22,26)(H,24,25);2*1H. The highest BCUT2D eigenvalue weighted by atomic mass is 35.5. The zero-order valence-corrected chi connectivity index (χ0v) is 17.6. The van der Waals surface area contributed by atoms with Gasteiger partial charge in [0.2, 0.25) is 0 Å². The number of rotatable bonds is 6. The lowest BCUT2D eigenvalue weighted by Crippen LogP contribution is -2.44. The molecule has 158 valence electrons. The Morgan fingerprint density at radius 3 is 2.39 bits per heavy atom. The summed E-state index contributed by atoms with van der Waals surface area (Å²) in [5, 5.41) is 15.2. The molecule has 3 N–H and O–H groups in total. The van der Waals surface area contributed by atoms with Crippen LogP contribution in [-0.4, -0.2) is 54.2 Å². The van der Waals surface area contributed by atoms with Crippen LogP contribution in [0.25, 0.3) is 0 Å². The van der Waals surface area contributed by atoms with Crippen LogP contribution in [0.4, 0.5) is 5.82 Å². The minimum Gasteiger partial charge on any atom is -0.481 e. The number of pyridine rings is 1. The van der Waals surface area contributed by atoms with E-state index in [1.54, 1.807) is 6.20 Å². The number of hydrogen-bond acceptors (Lipinski definition) is 5. The SMILES string of the molecule is Cl.Cl.O=C(O)CCC1CCC(NC(=O)c2ccc(N3CCNCC3)nc2)CC1. The van der Waals surface area contributed by atoms with Crippen LogP contribution < -0.4 is 15.5 Å². The van der Waals surface area contributed by atoms with Gasteiger partial charge in [-0.15, -0.1) is 24.8 Å². The highest BCUT2D eigenvalue weighted by molar-refractivity contribution is 5.94. The molecule has 2 heterocycles. The number of hydrogen-bond donors (Lipinski definition) is 3. The maximum Gasteiger partial charge on any atom is 0.303 e. The molecule has 1 aliphatic heterocycles. The molecule has 0 bridgehead atoms. The molecule has 7 nitrogen and oxygen atoms in total. The first-order valence-corrected chi connectivity index (χ1v) is 9.56. The Balaban J connectivity index is 0.00000196. The van der Waals surface area contributed by atoms with Crippen LogP contribution in [-0.2, 0) is 4.79 Å². The molecule has 3 rings (SSSR count). The van der Waals surface area contributed by atoms with Crippen molar-refractivity contribution in [1.29, 1.82) is 0 Å². The maximum atomic E-state index is 12.4. The van der Waals surface area contributed by atoms with Gasteiger partial charge in [-0.25, -0.2) is 4.98 Å². The Hall–Kier alpha value is -1.57. The first-order valence-electron chi connectivity index (χ1n) is 9.56. The number of carboxylic acid groups (broad SMARTS) is 1. The number of amides is 1. The molecule has 2 fully saturated rings. The van der Waals surface area contributed by atoms with Crippen molar-refractivity contribution in [2.45, 2.75) is 44.6 Å². The molecule has 1 saturated carbocycles. The highest BCUT2D eigenvalue weighted by Gasteiger charge is 2.23. The van der Waals surface area contributed by atoms with Crippen molar-refractivity contribution in [1.82, 2.24) is 15.6 Å². The summed E-state index contributed by atoms with van der Waals surface area (Å²) >= 11 is 0. The van der Waals surface area contributed by atoms with Crippen molar-refractivity contribution in [2.24, 2.45) is 5.92 Å². The number of nitrogens with zero attached hydrogens (tertiary/aromatic N) is 2. The average molecular weight is 433 g/mol. The van der Waals surface area contributed by atoms with Crippen molar-refractivity contribution in [3.05, 3.63) is 23.9 Å². The lowest BCUT2D eigenvalue weighted by molar-refractivity contribution is -0.137. The van der Waals surface area contributed by atoms with Gasteiger partial charge in [0.1, 0.15) is 5.82 Å². The van der Waals surface area contributed by atoms with Crippen molar-refractivity contribution < 1.29 is 14.7 Å². The van der Waals surface area contributed by atoms with Crippen LogP contribution in [0.1, 0.15) is 48.9 Å². The number of anilines is 1. The molecule has 1 saturated heterocycles. The minimum absolute atomic E-state index is 0. The fraction of sp³-hybridized carbons (Fsp3) is 0.632. The second-order valence-electron chi connectivity index (χ2n) is 7.27. The van der Waals surface area contributed by atoms with Crippen LogP contribution in [0.15, 0.2) is 18.3 Å². The third-order valence-electron chi connectivity index (χ3n) is 5.40. The first kappa shape index (κ1) is 24.5. The Kier molecular flexibility index (Phi) is 10.6.